The van der Waals surface area contributed by atoms with Crippen LogP contribution in [0.2, 0.25) is 0 Å². The molecule has 0 radical (unpaired) electrons. The largest absolute Gasteiger partial charge is 0.415 e. The minimum atomic E-state index is -0.397. The van der Waals surface area contributed by atoms with Crippen LogP contribution in [0.1, 0.15) is 57.8 Å². The molecule has 6 heteroatoms. The second kappa shape index (κ2) is 14.2. The lowest BCUT2D eigenvalue weighted by Gasteiger charge is -2.34. The predicted octanol–water partition coefficient (Wildman–Crippen LogP) is 5.65. The Hall–Kier alpha value is -1.92. The summed E-state index contributed by atoms with van der Waals surface area (Å²) < 4.78 is 24.4. The Morgan fingerprint density at radius 1 is 1.06 bits per heavy atom. The first-order valence-electron chi connectivity index (χ1n) is 11.6. The summed E-state index contributed by atoms with van der Waals surface area (Å²) in [6.45, 7) is 6.69. The van der Waals surface area contributed by atoms with Gasteiger partial charge in [-0.1, -0.05) is 25.3 Å². The van der Waals surface area contributed by atoms with Crippen LogP contribution in [0, 0.1) is 5.82 Å². The molecule has 0 spiro atoms. The molecule has 1 aliphatic rings. The van der Waals surface area contributed by atoms with E-state index in [9.17, 15) is 9.18 Å². The van der Waals surface area contributed by atoms with Gasteiger partial charge in [0.05, 0.1) is 6.10 Å². The number of benzene rings is 1. The molecule has 2 rings (SSSR count). The molecule has 0 N–H and O–H groups in total. The molecular weight excluding hydrogens is 395 g/mol. The smallest absolute Gasteiger partial charge is 0.410 e. The Bertz CT molecular complexity index is 645. The molecular formula is C25H39FN2O3. The number of hydrogen-bond acceptors (Lipinski definition) is 4. The number of rotatable bonds is 13. The van der Waals surface area contributed by atoms with Gasteiger partial charge in [-0.2, -0.15) is 0 Å². The van der Waals surface area contributed by atoms with Gasteiger partial charge < -0.3 is 19.3 Å². The second-order valence-electron chi connectivity index (χ2n) is 8.55. The fraction of sp³-hybridized carbons (Fsp3) is 0.640. The lowest BCUT2D eigenvalue weighted by atomic mass is 9.92. The predicted molar refractivity (Wildman–Crippen MR) is 123 cm³/mol. The van der Waals surface area contributed by atoms with Crippen molar-refractivity contribution < 1.29 is 18.7 Å². The molecule has 31 heavy (non-hydrogen) atoms. The molecule has 0 aliphatic heterocycles. The molecule has 0 heterocycles. The average molecular weight is 435 g/mol. The summed E-state index contributed by atoms with van der Waals surface area (Å²) in [5.74, 6) is 0.0117. The molecule has 1 aromatic carbocycles. The van der Waals surface area contributed by atoms with Gasteiger partial charge in [0.1, 0.15) is 11.6 Å². The van der Waals surface area contributed by atoms with E-state index in [4.69, 9.17) is 9.47 Å². The third kappa shape index (κ3) is 9.83. The maximum Gasteiger partial charge on any atom is 0.415 e. The Morgan fingerprint density at radius 2 is 1.71 bits per heavy atom. The number of halogens is 1. The highest BCUT2D eigenvalue weighted by atomic mass is 19.1. The molecule has 1 amide bonds. The van der Waals surface area contributed by atoms with E-state index in [1.165, 1.54) is 49.9 Å². The van der Waals surface area contributed by atoms with Crippen molar-refractivity contribution in [1.29, 1.82) is 0 Å². The SMILES string of the molecule is C=CCN(C)CCCCCCCO[C@H]1CC[C@H](N(C)C(=O)Oc2ccc(F)cc2)CC1. The van der Waals surface area contributed by atoms with Gasteiger partial charge in [0, 0.05) is 26.2 Å². The lowest BCUT2D eigenvalue weighted by molar-refractivity contribution is 0.0104. The molecule has 0 bridgehead atoms. The molecule has 1 saturated carbocycles. The van der Waals surface area contributed by atoms with Crippen molar-refractivity contribution in [2.24, 2.45) is 0 Å². The molecule has 174 valence electrons. The summed E-state index contributed by atoms with van der Waals surface area (Å²) in [5.41, 5.74) is 0. The van der Waals surface area contributed by atoms with Gasteiger partial charge in [0.15, 0.2) is 0 Å². The molecule has 0 atom stereocenters. The van der Waals surface area contributed by atoms with Gasteiger partial charge in [-0.05, 0) is 76.4 Å². The second-order valence-corrected chi connectivity index (χ2v) is 8.55. The molecule has 0 saturated heterocycles. The summed E-state index contributed by atoms with van der Waals surface area (Å²) in [7, 11) is 3.91. The third-order valence-electron chi connectivity index (χ3n) is 5.98. The van der Waals surface area contributed by atoms with E-state index >= 15 is 0 Å². The van der Waals surface area contributed by atoms with Crippen molar-refractivity contribution in [3.63, 3.8) is 0 Å². The topological polar surface area (TPSA) is 42.0 Å². The van der Waals surface area contributed by atoms with Gasteiger partial charge in [-0.25, -0.2) is 9.18 Å². The van der Waals surface area contributed by atoms with Crippen LogP contribution < -0.4 is 4.74 Å². The van der Waals surface area contributed by atoms with E-state index in [2.05, 4.69) is 18.5 Å². The fourth-order valence-electron chi connectivity index (χ4n) is 4.00. The first-order chi connectivity index (χ1) is 15.0. The number of carbonyl (C=O) groups excluding carboxylic acids is 1. The van der Waals surface area contributed by atoms with Crippen LogP contribution >= 0.6 is 0 Å². The van der Waals surface area contributed by atoms with Gasteiger partial charge in [-0.15, -0.1) is 6.58 Å². The Kier molecular flexibility index (Phi) is 11.6. The van der Waals surface area contributed by atoms with E-state index in [0.29, 0.717) is 11.9 Å². The van der Waals surface area contributed by atoms with Crippen molar-refractivity contribution >= 4 is 6.09 Å². The zero-order valence-corrected chi connectivity index (χ0v) is 19.2. The van der Waals surface area contributed by atoms with E-state index < -0.39 is 6.09 Å². The number of carbonyl (C=O) groups is 1. The number of amides is 1. The number of hydrogen-bond donors (Lipinski definition) is 0. The van der Waals surface area contributed by atoms with Gasteiger partial charge in [-0.3, -0.25) is 0 Å². The van der Waals surface area contributed by atoms with Crippen LogP contribution in [-0.2, 0) is 4.74 Å². The van der Waals surface area contributed by atoms with E-state index in [0.717, 1.165) is 51.8 Å². The van der Waals surface area contributed by atoms with Crippen molar-refractivity contribution in [2.45, 2.75) is 69.9 Å². The minimum absolute atomic E-state index is 0.159. The average Bonchev–Trinajstić information content (AvgIpc) is 2.77. The van der Waals surface area contributed by atoms with Crippen molar-refractivity contribution in [1.82, 2.24) is 9.80 Å². The van der Waals surface area contributed by atoms with Gasteiger partial charge in [0.2, 0.25) is 0 Å². The molecule has 1 aliphatic carbocycles. The quantitative estimate of drug-likeness (QED) is 0.297. The van der Waals surface area contributed by atoms with Crippen LogP contribution in [0.3, 0.4) is 0 Å². The van der Waals surface area contributed by atoms with E-state index in [1.807, 2.05) is 6.08 Å². The van der Waals surface area contributed by atoms with Crippen molar-refractivity contribution in [3.8, 4) is 5.75 Å². The third-order valence-corrected chi connectivity index (χ3v) is 5.98. The van der Waals surface area contributed by atoms with Gasteiger partial charge in [0.25, 0.3) is 0 Å². The fourth-order valence-corrected chi connectivity index (χ4v) is 4.00. The molecule has 1 fully saturated rings. The van der Waals surface area contributed by atoms with Crippen LogP contribution in [0.25, 0.3) is 0 Å². The number of ether oxygens (including phenoxy) is 2. The lowest BCUT2D eigenvalue weighted by Crippen LogP contribution is -2.42. The first kappa shape index (κ1) is 25.3. The monoisotopic (exact) mass is 434 g/mol. The number of nitrogens with zero attached hydrogens (tertiary/aromatic N) is 2. The standard InChI is InChI=1S/C25H39FN2O3/c1-4-18-27(2)19-8-6-5-7-9-20-30-23-16-12-22(13-17-23)28(3)25(29)31-24-14-10-21(26)11-15-24/h4,10-11,14-15,22-23H,1,5-9,12-13,16-20H2,2-3H3/t22-,23-. The maximum atomic E-state index is 13.0. The maximum absolute atomic E-state index is 13.0. The van der Waals surface area contributed by atoms with Crippen LogP contribution in [0.4, 0.5) is 9.18 Å². The number of unbranched alkanes of at least 4 members (excludes halogenated alkanes) is 4. The Labute approximate surface area is 187 Å². The summed E-state index contributed by atoms with van der Waals surface area (Å²) in [5, 5.41) is 0. The molecule has 1 aromatic rings. The van der Waals surface area contributed by atoms with Crippen LogP contribution in [-0.4, -0.2) is 61.8 Å². The normalized spacial score (nSPS) is 18.7. The van der Waals surface area contributed by atoms with Crippen LogP contribution in [0.15, 0.2) is 36.9 Å². The highest BCUT2D eigenvalue weighted by Crippen LogP contribution is 2.25. The van der Waals surface area contributed by atoms with Crippen LogP contribution in [0.5, 0.6) is 5.75 Å². The van der Waals surface area contributed by atoms with Crippen molar-refractivity contribution in [2.75, 3.05) is 33.8 Å². The molecule has 0 aromatic heterocycles. The van der Waals surface area contributed by atoms with E-state index in [1.54, 1.807) is 11.9 Å². The van der Waals surface area contributed by atoms with Gasteiger partial charge >= 0.3 is 6.09 Å². The minimum Gasteiger partial charge on any atom is -0.410 e. The summed E-state index contributed by atoms with van der Waals surface area (Å²) in [6, 6.07) is 5.66. The number of likely N-dealkylation sites (N-methyl/N-ethyl adjacent to an activating group) is 1. The zero-order valence-electron chi connectivity index (χ0n) is 19.2. The molecule has 5 nitrogen and oxygen atoms in total. The summed E-state index contributed by atoms with van der Waals surface area (Å²) >= 11 is 0. The Morgan fingerprint density at radius 3 is 2.39 bits per heavy atom. The van der Waals surface area contributed by atoms with E-state index in [-0.39, 0.29) is 11.9 Å². The highest BCUT2D eigenvalue weighted by molar-refractivity contribution is 5.70. The molecule has 0 unspecified atom stereocenters. The first-order valence-corrected chi connectivity index (χ1v) is 11.6. The summed E-state index contributed by atoms with van der Waals surface area (Å²) in [4.78, 5) is 16.3. The van der Waals surface area contributed by atoms with Crippen molar-refractivity contribution in [3.05, 3.63) is 42.7 Å². The Balaban J connectivity index is 1.52. The highest BCUT2D eigenvalue weighted by Gasteiger charge is 2.27. The zero-order chi connectivity index (χ0) is 22.5. The summed E-state index contributed by atoms with van der Waals surface area (Å²) in [6.07, 6.45) is 11.7.